The first-order chi connectivity index (χ1) is 14.0. The van der Waals surface area contributed by atoms with E-state index in [1.807, 2.05) is 30.3 Å². The van der Waals surface area contributed by atoms with Crippen molar-refractivity contribution in [2.75, 3.05) is 0 Å². The van der Waals surface area contributed by atoms with Crippen molar-refractivity contribution in [2.45, 2.75) is 45.4 Å². The molecule has 0 spiro atoms. The molecule has 0 radical (unpaired) electrons. The molecule has 7 nitrogen and oxygen atoms in total. The van der Waals surface area contributed by atoms with Crippen molar-refractivity contribution in [3.63, 3.8) is 0 Å². The van der Waals surface area contributed by atoms with E-state index in [2.05, 4.69) is 21.2 Å². The maximum absolute atomic E-state index is 12.5. The number of hydrogen-bond donors (Lipinski definition) is 2. The van der Waals surface area contributed by atoms with Crippen molar-refractivity contribution in [3.8, 4) is 0 Å². The molecule has 8 heteroatoms. The summed E-state index contributed by atoms with van der Waals surface area (Å²) >= 11 is 3.30. The van der Waals surface area contributed by atoms with E-state index in [1.165, 1.54) is 6.07 Å². The number of amides is 1. The topological polar surface area (TPSA) is 102 Å². The smallest absolute Gasteiger partial charge is 0.408 e. The average molecular weight is 478 g/mol. The number of rotatable bonds is 7. The van der Waals surface area contributed by atoms with Gasteiger partial charge in [-0.2, -0.15) is 0 Å². The van der Waals surface area contributed by atoms with Crippen LogP contribution < -0.4 is 5.32 Å². The monoisotopic (exact) mass is 477 g/mol. The third-order valence-electron chi connectivity index (χ3n) is 3.92. The van der Waals surface area contributed by atoms with Gasteiger partial charge in [0.15, 0.2) is 0 Å². The van der Waals surface area contributed by atoms with E-state index < -0.39 is 29.7 Å². The molecule has 0 bridgehead atoms. The van der Waals surface area contributed by atoms with Gasteiger partial charge in [0, 0.05) is 4.47 Å². The molecule has 0 fully saturated rings. The minimum atomic E-state index is -1.17. The Morgan fingerprint density at radius 1 is 1.10 bits per heavy atom. The van der Waals surface area contributed by atoms with Gasteiger partial charge in [-0.05, 0) is 50.1 Å². The van der Waals surface area contributed by atoms with Gasteiger partial charge < -0.3 is 19.9 Å². The number of carbonyl (C=O) groups excluding carboxylic acids is 2. The quantitative estimate of drug-likeness (QED) is 0.552. The molecule has 160 valence electrons. The fraction of sp³-hybridized carbons (Fsp3) is 0.318. The SMILES string of the molecule is CC(C)(C)OC(=O)NC(CC(=O)OCc1ccccc1)c1cc(Br)ccc1C(=O)O. The van der Waals surface area contributed by atoms with Crippen LogP contribution in [0.2, 0.25) is 0 Å². The number of nitrogens with one attached hydrogen (secondary N) is 1. The lowest BCUT2D eigenvalue weighted by Crippen LogP contribution is -2.36. The Kier molecular flexibility index (Phi) is 8.00. The highest BCUT2D eigenvalue weighted by Crippen LogP contribution is 2.26. The molecule has 0 aliphatic carbocycles. The van der Waals surface area contributed by atoms with Crippen LogP contribution in [0.15, 0.2) is 53.0 Å². The van der Waals surface area contributed by atoms with Crippen molar-refractivity contribution in [1.82, 2.24) is 5.32 Å². The van der Waals surface area contributed by atoms with Gasteiger partial charge >= 0.3 is 18.0 Å². The highest BCUT2D eigenvalue weighted by Gasteiger charge is 2.27. The molecule has 0 saturated heterocycles. The molecular formula is C22H24BrNO6. The normalized spacial score (nSPS) is 12.0. The molecule has 0 aliphatic heterocycles. The van der Waals surface area contributed by atoms with Crippen LogP contribution in [0, 0.1) is 0 Å². The van der Waals surface area contributed by atoms with Crippen LogP contribution in [0.25, 0.3) is 0 Å². The van der Waals surface area contributed by atoms with Crippen molar-refractivity contribution >= 4 is 34.0 Å². The molecule has 1 amide bonds. The number of halogens is 1. The Hall–Kier alpha value is -2.87. The summed E-state index contributed by atoms with van der Waals surface area (Å²) in [6, 6.07) is 12.7. The van der Waals surface area contributed by atoms with Crippen molar-refractivity contribution in [3.05, 3.63) is 69.7 Å². The predicted molar refractivity (Wildman–Crippen MR) is 114 cm³/mol. The van der Waals surface area contributed by atoms with Crippen LogP contribution in [0.5, 0.6) is 0 Å². The molecule has 2 N–H and O–H groups in total. The number of alkyl carbamates (subject to hydrolysis) is 1. The summed E-state index contributed by atoms with van der Waals surface area (Å²) in [6.07, 6.45) is -1.03. The fourth-order valence-corrected chi connectivity index (χ4v) is 3.05. The van der Waals surface area contributed by atoms with E-state index in [-0.39, 0.29) is 24.2 Å². The van der Waals surface area contributed by atoms with Gasteiger partial charge in [0.05, 0.1) is 18.0 Å². The first-order valence-corrected chi connectivity index (χ1v) is 10.1. The first kappa shape index (κ1) is 23.4. The standard InChI is InChI=1S/C22H24BrNO6/c1-22(2,3)30-21(28)24-18(17-11-15(23)9-10-16(17)20(26)27)12-19(25)29-13-14-7-5-4-6-8-14/h4-11,18H,12-13H2,1-3H3,(H,24,28)(H,26,27). The summed E-state index contributed by atoms with van der Waals surface area (Å²) < 4.78 is 11.2. The van der Waals surface area contributed by atoms with Gasteiger partial charge in [-0.15, -0.1) is 0 Å². The summed E-state index contributed by atoms with van der Waals surface area (Å²) in [5.41, 5.74) is 0.292. The number of aromatic carboxylic acids is 1. The van der Waals surface area contributed by atoms with Crippen LogP contribution in [-0.2, 0) is 20.9 Å². The second-order valence-electron chi connectivity index (χ2n) is 7.59. The maximum Gasteiger partial charge on any atom is 0.408 e. The Labute approximate surface area is 183 Å². The summed E-state index contributed by atoms with van der Waals surface area (Å²) in [4.78, 5) is 36.5. The number of hydrogen-bond acceptors (Lipinski definition) is 5. The number of carboxylic acids is 1. The first-order valence-electron chi connectivity index (χ1n) is 9.27. The number of benzene rings is 2. The van der Waals surface area contributed by atoms with Gasteiger partial charge in [-0.3, -0.25) is 4.79 Å². The van der Waals surface area contributed by atoms with E-state index in [1.54, 1.807) is 32.9 Å². The minimum Gasteiger partial charge on any atom is -0.478 e. The average Bonchev–Trinajstić information content (AvgIpc) is 2.65. The van der Waals surface area contributed by atoms with Crippen molar-refractivity contribution in [1.29, 1.82) is 0 Å². The molecule has 30 heavy (non-hydrogen) atoms. The van der Waals surface area contributed by atoms with E-state index in [4.69, 9.17) is 9.47 Å². The van der Waals surface area contributed by atoms with Crippen LogP contribution in [0.3, 0.4) is 0 Å². The summed E-state index contributed by atoms with van der Waals surface area (Å²) in [5, 5.41) is 12.1. The molecule has 1 unspecified atom stereocenters. The molecule has 2 aromatic rings. The number of carbonyl (C=O) groups is 3. The van der Waals surface area contributed by atoms with E-state index >= 15 is 0 Å². The zero-order valence-electron chi connectivity index (χ0n) is 17.0. The Morgan fingerprint density at radius 3 is 2.37 bits per heavy atom. The molecule has 2 aromatic carbocycles. The summed E-state index contributed by atoms with van der Waals surface area (Å²) in [5.74, 6) is -1.76. The maximum atomic E-state index is 12.5. The van der Waals surface area contributed by atoms with E-state index in [9.17, 15) is 19.5 Å². The highest BCUT2D eigenvalue weighted by atomic mass is 79.9. The minimum absolute atomic E-state index is 0.0323. The van der Waals surface area contributed by atoms with E-state index in [0.29, 0.717) is 4.47 Å². The van der Waals surface area contributed by atoms with Crippen molar-refractivity contribution < 1.29 is 29.0 Å². The largest absolute Gasteiger partial charge is 0.478 e. The van der Waals surface area contributed by atoms with Crippen LogP contribution in [-0.4, -0.2) is 28.7 Å². The Bertz CT molecular complexity index is 908. The summed E-state index contributed by atoms with van der Waals surface area (Å²) in [6.45, 7) is 5.19. The Balaban J connectivity index is 2.23. The molecular weight excluding hydrogens is 454 g/mol. The molecule has 0 saturated carbocycles. The molecule has 0 aliphatic rings. The molecule has 2 rings (SSSR count). The zero-order valence-corrected chi connectivity index (χ0v) is 18.6. The summed E-state index contributed by atoms with van der Waals surface area (Å²) in [7, 11) is 0. The molecule has 0 aromatic heterocycles. The second-order valence-corrected chi connectivity index (χ2v) is 8.50. The Morgan fingerprint density at radius 2 is 1.77 bits per heavy atom. The lowest BCUT2D eigenvalue weighted by Gasteiger charge is -2.24. The lowest BCUT2D eigenvalue weighted by atomic mass is 9.98. The van der Waals surface area contributed by atoms with Gasteiger partial charge in [0.2, 0.25) is 0 Å². The van der Waals surface area contributed by atoms with Crippen molar-refractivity contribution in [2.24, 2.45) is 0 Å². The number of ether oxygens (including phenoxy) is 2. The van der Waals surface area contributed by atoms with Gasteiger partial charge in [-0.1, -0.05) is 46.3 Å². The van der Waals surface area contributed by atoms with Gasteiger partial charge in [-0.25, -0.2) is 9.59 Å². The van der Waals surface area contributed by atoms with Crippen LogP contribution >= 0.6 is 15.9 Å². The third kappa shape index (κ3) is 7.51. The molecule has 1 atom stereocenters. The van der Waals surface area contributed by atoms with Gasteiger partial charge in [0.1, 0.15) is 12.2 Å². The zero-order chi connectivity index (χ0) is 22.3. The predicted octanol–water partition coefficient (Wildman–Crippen LogP) is 4.85. The number of esters is 1. The number of carboxylic acid groups (broad SMARTS) is 1. The van der Waals surface area contributed by atoms with Gasteiger partial charge in [0.25, 0.3) is 0 Å². The lowest BCUT2D eigenvalue weighted by molar-refractivity contribution is -0.145. The second kappa shape index (κ2) is 10.2. The van der Waals surface area contributed by atoms with E-state index in [0.717, 1.165) is 5.56 Å². The molecule has 0 heterocycles. The fourth-order valence-electron chi connectivity index (χ4n) is 2.67. The van der Waals surface area contributed by atoms with Crippen LogP contribution in [0.1, 0.15) is 54.7 Å². The van der Waals surface area contributed by atoms with Crippen LogP contribution in [0.4, 0.5) is 4.79 Å². The third-order valence-corrected chi connectivity index (χ3v) is 4.42. The highest BCUT2D eigenvalue weighted by molar-refractivity contribution is 9.10.